The lowest BCUT2D eigenvalue weighted by molar-refractivity contribution is -0.276. The number of nitrogens with zero attached hydrogens (tertiary/aromatic N) is 1. The van der Waals surface area contributed by atoms with Crippen molar-refractivity contribution in [2.75, 3.05) is 26.2 Å². The highest BCUT2D eigenvalue weighted by molar-refractivity contribution is 5.80. The van der Waals surface area contributed by atoms with Crippen molar-refractivity contribution in [1.82, 2.24) is 15.5 Å². The average molecular weight is 702 g/mol. The number of hydrogen-bond donors (Lipinski definition) is 3. The van der Waals surface area contributed by atoms with Crippen LogP contribution in [0.1, 0.15) is 82.1 Å². The minimum atomic E-state index is -0.644. The van der Waals surface area contributed by atoms with Crippen LogP contribution in [0.5, 0.6) is 0 Å². The maximum Gasteiger partial charge on any atom is 0.325 e. The molecule has 2 aliphatic rings. The van der Waals surface area contributed by atoms with Gasteiger partial charge in [-0.15, -0.1) is 0 Å². The molecule has 2 aliphatic heterocycles. The van der Waals surface area contributed by atoms with E-state index in [0.29, 0.717) is 6.54 Å². The molecule has 3 N–H and O–H groups in total. The molecule has 274 valence electrons. The molecule has 3 aromatic rings. The molecule has 0 radical (unpaired) electrons. The molecule has 2 amide bonds. The van der Waals surface area contributed by atoms with Crippen LogP contribution in [-0.4, -0.2) is 72.0 Å². The Labute approximate surface area is 300 Å². The number of aliphatic hydroxyl groups is 1. The van der Waals surface area contributed by atoms with Crippen molar-refractivity contribution in [2.24, 2.45) is 5.92 Å². The molecule has 0 bridgehead atoms. The topological polar surface area (TPSA) is 136 Å². The van der Waals surface area contributed by atoms with E-state index >= 15 is 0 Å². The number of likely N-dealkylation sites (tertiary alicyclic amines) is 1. The molecule has 0 aromatic heterocycles. The van der Waals surface area contributed by atoms with Crippen molar-refractivity contribution in [3.8, 4) is 11.1 Å². The summed E-state index contributed by atoms with van der Waals surface area (Å²) in [5.41, 5.74) is 5.01. The molecule has 2 fully saturated rings. The molecule has 0 saturated carbocycles. The van der Waals surface area contributed by atoms with Crippen LogP contribution in [0.25, 0.3) is 11.1 Å². The molecule has 0 unspecified atom stereocenters. The fourth-order valence-corrected chi connectivity index (χ4v) is 6.54. The summed E-state index contributed by atoms with van der Waals surface area (Å²) in [6.07, 6.45) is 0.519. The van der Waals surface area contributed by atoms with Gasteiger partial charge in [-0.05, 0) is 81.0 Å². The van der Waals surface area contributed by atoms with Gasteiger partial charge in [-0.25, -0.2) is 4.79 Å². The van der Waals surface area contributed by atoms with Crippen LogP contribution in [0.3, 0.4) is 0 Å². The van der Waals surface area contributed by atoms with E-state index in [2.05, 4.69) is 22.5 Å². The van der Waals surface area contributed by atoms with Gasteiger partial charge >= 0.3 is 18.0 Å². The average Bonchev–Trinajstić information content (AvgIpc) is 3.59. The zero-order chi connectivity index (χ0) is 36.5. The lowest BCUT2D eigenvalue weighted by Gasteiger charge is -2.43. The van der Waals surface area contributed by atoms with Crippen molar-refractivity contribution >= 4 is 18.0 Å². The quantitative estimate of drug-likeness (QED) is 0.200. The molecule has 2 heterocycles. The number of nitrogens with one attached hydrogen (secondary N) is 2. The second-order valence-corrected chi connectivity index (χ2v) is 14.2. The van der Waals surface area contributed by atoms with Crippen molar-refractivity contribution in [2.45, 2.75) is 90.8 Å². The number of rotatable bonds is 12. The molecule has 51 heavy (non-hydrogen) atoms. The van der Waals surface area contributed by atoms with Crippen molar-refractivity contribution in [3.63, 3.8) is 0 Å². The SMILES string of the molecule is CCOC(=O)CNC(=O)NCc1cccc(-c2ccc([C@H]3O[C@@H](CN4CCC[C@H]4C(=O)OC(C)(C)C)[C@@H](C)[C@@H](c4ccc(CO)cc4)O3)cc2)c1. The highest BCUT2D eigenvalue weighted by Gasteiger charge is 2.42. The summed E-state index contributed by atoms with van der Waals surface area (Å²) >= 11 is 0. The monoisotopic (exact) mass is 701 g/mol. The third kappa shape index (κ3) is 10.4. The third-order valence-electron chi connectivity index (χ3n) is 9.18. The largest absolute Gasteiger partial charge is 0.465 e. The highest BCUT2D eigenvalue weighted by Crippen LogP contribution is 2.42. The molecule has 5 rings (SSSR count). The zero-order valence-electron chi connectivity index (χ0n) is 30.2. The van der Waals surface area contributed by atoms with Gasteiger partial charge < -0.3 is 34.7 Å². The lowest BCUT2D eigenvalue weighted by atomic mass is 9.89. The van der Waals surface area contributed by atoms with Crippen molar-refractivity contribution < 1.29 is 38.4 Å². The van der Waals surface area contributed by atoms with Crippen LogP contribution in [-0.2, 0) is 41.7 Å². The molecule has 11 nitrogen and oxygen atoms in total. The van der Waals surface area contributed by atoms with Crippen LogP contribution in [0.15, 0.2) is 72.8 Å². The highest BCUT2D eigenvalue weighted by atomic mass is 16.7. The number of urea groups is 1. The fourth-order valence-electron chi connectivity index (χ4n) is 6.54. The molecule has 3 aromatic carbocycles. The van der Waals surface area contributed by atoms with E-state index in [1.165, 1.54) is 0 Å². The van der Waals surface area contributed by atoms with Gasteiger partial charge in [0, 0.05) is 24.6 Å². The Morgan fingerprint density at radius 2 is 1.65 bits per heavy atom. The van der Waals surface area contributed by atoms with Crippen LogP contribution < -0.4 is 10.6 Å². The molecule has 11 heteroatoms. The Morgan fingerprint density at radius 3 is 2.33 bits per heavy atom. The summed E-state index contributed by atoms with van der Waals surface area (Å²) < 4.78 is 24.0. The van der Waals surface area contributed by atoms with Crippen LogP contribution in [0.4, 0.5) is 4.79 Å². The summed E-state index contributed by atoms with van der Waals surface area (Å²) in [5.74, 6) is -0.707. The van der Waals surface area contributed by atoms with Gasteiger partial charge in [0.25, 0.3) is 0 Å². The maximum atomic E-state index is 13.1. The van der Waals surface area contributed by atoms with E-state index in [9.17, 15) is 19.5 Å². The van der Waals surface area contributed by atoms with E-state index in [0.717, 1.165) is 52.8 Å². The van der Waals surface area contributed by atoms with Crippen molar-refractivity contribution in [1.29, 1.82) is 0 Å². The van der Waals surface area contributed by atoms with E-state index in [1.807, 2.05) is 93.6 Å². The first-order valence-corrected chi connectivity index (χ1v) is 17.8. The van der Waals surface area contributed by atoms with Gasteiger partial charge in [0.05, 0.1) is 25.4 Å². The Kier molecular flexibility index (Phi) is 12.9. The summed E-state index contributed by atoms with van der Waals surface area (Å²) in [4.78, 5) is 39.0. The Bertz CT molecular complexity index is 1620. The first kappa shape index (κ1) is 38.0. The number of carbonyl (C=O) groups is 3. The number of esters is 2. The molecular formula is C40H51N3O8. The summed E-state index contributed by atoms with van der Waals surface area (Å²) in [5, 5.41) is 14.9. The molecular weight excluding hydrogens is 650 g/mol. The van der Waals surface area contributed by atoms with E-state index in [-0.39, 0.29) is 56.4 Å². The first-order chi connectivity index (χ1) is 24.4. The minimum absolute atomic E-state index is 0.0241. The van der Waals surface area contributed by atoms with Gasteiger partial charge in [-0.3, -0.25) is 14.5 Å². The summed E-state index contributed by atoms with van der Waals surface area (Å²) in [6, 6.07) is 23.0. The van der Waals surface area contributed by atoms with Gasteiger partial charge in [-0.2, -0.15) is 0 Å². The Hall–Kier alpha value is -4.29. The van der Waals surface area contributed by atoms with Crippen LogP contribution >= 0.6 is 0 Å². The predicted molar refractivity (Wildman–Crippen MR) is 192 cm³/mol. The van der Waals surface area contributed by atoms with Crippen LogP contribution in [0, 0.1) is 5.92 Å². The Balaban J connectivity index is 1.30. The third-order valence-corrected chi connectivity index (χ3v) is 9.18. The molecule has 2 saturated heterocycles. The number of aliphatic hydroxyl groups excluding tert-OH is 1. The van der Waals surface area contributed by atoms with E-state index in [1.54, 1.807) is 6.92 Å². The fraction of sp³-hybridized carbons (Fsp3) is 0.475. The smallest absolute Gasteiger partial charge is 0.325 e. The lowest BCUT2D eigenvalue weighted by Crippen LogP contribution is -2.48. The van der Waals surface area contributed by atoms with E-state index < -0.39 is 23.9 Å². The summed E-state index contributed by atoms with van der Waals surface area (Å²) in [6.45, 7) is 11.2. The molecule has 0 spiro atoms. The van der Waals surface area contributed by atoms with Gasteiger partial charge in [0.15, 0.2) is 6.29 Å². The molecule has 0 aliphatic carbocycles. The minimum Gasteiger partial charge on any atom is -0.465 e. The molecule has 5 atom stereocenters. The number of hydrogen-bond acceptors (Lipinski definition) is 9. The normalized spacial score (nSPS) is 22.3. The van der Waals surface area contributed by atoms with Crippen molar-refractivity contribution in [3.05, 3.63) is 95.1 Å². The number of amides is 2. The maximum absolute atomic E-state index is 13.1. The Morgan fingerprint density at radius 1 is 0.922 bits per heavy atom. The summed E-state index contributed by atoms with van der Waals surface area (Å²) in [7, 11) is 0. The van der Waals surface area contributed by atoms with Gasteiger partial charge in [-0.1, -0.05) is 73.7 Å². The second kappa shape index (κ2) is 17.3. The second-order valence-electron chi connectivity index (χ2n) is 14.2. The van der Waals surface area contributed by atoms with Gasteiger partial charge in [0.1, 0.15) is 18.2 Å². The number of carbonyl (C=O) groups excluding carboxylic acids is 3. The predicted octanol–water partition coefficient (Wildman–Crippen LogP) is 5.81. The van der Waals surface area contributed by atoms with Gasteiger partial charge in [0.2, 0.25) is 0 Å². The first-order valence-electron chi connectivity index (χ1n) is 17.8. The zero-order valence-corrected chi connectivity index (χ0v) is 30.2. The van der Waals surface area contributed by atoms with E-state index in [4.69, 9.17) is 18.9 Å². The van der Waals surface area contributed by atoms with Crippen LogP contribution in [0.2, 0.25) is 0 Å². The standard InChI is InChI=1S/C40H51N3O8/c1-6-48-35(45)23-42-39(47)41-22-28-9-7-10-32(21-28)29-16-18-31(19-17-29)38-49-34(24-43-20-8-11-33(43)37(46)51-40(3,4)5)26(2)36(50-38)30-14-12-27(25-44)13-15-30/h7,9-10,12-19,21,26,33-34,36,38,44H,6,8,11,20,22-25H2,1-5H3,(H2,41,42,47)/t26-,33+,34+,36+,38+/m1/s1. The number of benzene rings is 3. The number of ether oxygens (including phenoxy) is 4.